The van der Waals surface area contributed by atoms with Crippen LogP contribution in [0.3, 0.4) is 0 Å². The van der Waals surface area contributed by atoms with E-state index in [9.17, 15) is 4.79 Å². The average Bonchev–Trinajstić information content (AvgIpc) is 2.42. The molecule has 0 spiro atoms. The van der Waals surface area contributed by atoms with E-state index in [0.29, 0.717) is 13.1 Å². The summed E-state index contributed by atoms with van der Waals surface area (Å²) in [5.74, 6) is 0.740. The van der Waals surface area contributed by atoms with Crippen LogP contribution in [-0.2, 0) is 17.6 Å². The molecule has 0 aromatic heterocycles. The van der Waals surface area contributed by atoms with E-state index in [-0.39, 0.29) is 12.5 Å². The van der Waals surface area contributed by atoms with Crippen LogP contribution >= 0.6 is 0 Å². The molecule has 0 fully saturated rings. The predicted octanol–water partition coefficient (Wildman–Crippen LogP) is 1.02. The number of carbonyl (C=O) groups excluding carboxylic acids is 1. The number of hydrogen-bond acceptors (Lipinski definition) is 3. The third-order valence-electron chi connectivity index (χ3n) is 3.18. The van der Waals surface area contributed by atoms with Crippen molar-refractivity contribution < 1.29 is 9.53 Å². The van der Waals surface area contributed by atoms with Crippen LogP contribution in [0.4, 0.5) is 0 Å². The van der Waals surface area contributed by atoms with Crippen molar-refractivity contribution in [2.75, 3.05) is 19.7 Å². The third-order valence-corrected chi connectivity index (χ3v) is 3.18. The summed E-state index contributed by atoms with van der Waals surface area (Å²) in [4.78, 5) is 11.5. The second-order valence-electron chi connectivity index (χ2n) is 4.53. The molecule has 0 aliphatic heterocycles. The summed E-state index contributed by atoms with van der Waals surface area (Å²) < 4.78 is 5.61. The molecule has 98 valence electrons. The van der Waals surface area contributed by atoms with Crippen molar-refractivity contribution in [2.45, 2.75) is 25.7 Å². The van der Waals surface area contributed by atoms with Gasteiger partial charge in [0.15, 0.2) is 6.61 Å². The van der Waals surface area contributed by atoms with Crippen LogP contribution in [0.25, 0.3) is 0 Å². The van der Waals surface area contributed by atoms with Gasteiger partial charge in [0.25, 0.3) is 5.91 Å². The number of fused-ring (bicyclic) bond motifs is 1. The van der Waals surface area contributed by atoms with Gasteiger partial charge in [-0.3, -0.25) is 4.79 Å². The Bertz CT molecular complexity index is 418. The quantitative estimate of drug-likeness (QED) is 0.817. The molecule has 18 heavy (non-hydrogen) atoms. The minimum atomic E-state index is -0.117. The fourth-order valence-corrected chi connectivity index (χ4v) is 2.29. The minimum Gasteiger partial charge on any atom is -0.483 e. The third kappa shape index (κ3) is 3.23. The molecule has 2 rings (SSSR count). The molecule has 0 unspecified atom stereocenters. The summed E-state index contributed by atoms with van der Waals surface area (Å²) in [6.07, 6.45) is 4.61. The number of ether oxygens (including phenoxy) is 1. The van der Waals surface area contributed by atoms with E-state index in [4.69, 9.17) is 10.5 Å². The standard InChI is InChI=1S/C14H20N2O2/c15-8-9-16-14(17)10-18-13-7-3-5-11-4-1-2-6-12(11)13/h3,5,7H,1-2,4,6,8-10,15H2,(H,16,17). The number of carbonyl (C=O) groups is 1. The molecule has 0 saturated heterocycles. The van der Waals surface area contributed by atoms with Crippen molar-refractivity contribution in [3.8, 4) is 5.75 Å². The SMILES string of the molecule is NCCNC(=O)COc1cccc2c1CCCC2. The number of aryl methyl sites for hydroxylation is 1. The van der Waals surface area contributed by atoms with Crippen LogP contribution < -0.4 is 15.8 Å². The van der Waals surface area contributed by atoms with Crippen LogP contribution in [0.1, 0.15) is 24.0 Å². The van der Waals surface area contributed by atoms with Gasteiger partial charge in [0, 0.05) is 13.1 Å². The summed E-state index contributed by atoms with van der Waals surface area (Å²) in [7, 11) is 0. The Hall–Kier alpha value is -1.55. The van der Waals surface area contributed by atoms with E-state index in [1.54, 1.807) is 0 Å². The number of amides is 1. The average molecular weight is 248 g/mol. The Morgan fingerprint density at radius 3 is 3.00 bits per heavy atom. The van der Waals surface area contributed by atoms with Crippen LogP contribution in [0.2, 0.25) is 0 Å². The number of nitrogens with two attached hydrogens (primary N) is 1. The Morgan fingerprint density at radius 2 is 2.17 bits per heavy atom. The van der Waals surface area contributed by atoms with Crippen molar-refractivity contribution in [3.05, 3.63) is 29.3 Å². The largest absolute Gasteiger partial charge is 0.483 e. The topological polar surface area (TPSA) is 64.3 Å². The molecule has 1 aromatic carbocycles. The fraction of sp³-hybridized carbons (Fsp3) is 0.500. The molecule has 1 aromatic rings. The summed E-state index contributed by atoms with van der Waals surface area (Å²) in [5, 5.41) is 2.69. The highest BCUT2D eigenvalue weighted by Crippen LogP contribution is 2.29. The zero-order valence-corrected chi connectivity index (χ0v) is 10.6. The lowest BCUT2D eigenvalue weighted by Crippen LogP contribution is -2.33. The van der Waals surface area contributed by atoms with Crippen LogP contribution in [-0.4, -0.2) is 25.6 Å². The van der Waals surface area contributed by atoms with Crippen LogP contribution in [0, 0.1) is 0 Å². The van der Waals surface area contributed by atoms with Gasteiger partial charge in [-0.05, 0) is 42.9 Å². The van der Waals surface area contributed by atoms with E-state index in [0.717, 1.165) is 18.6 Å². The van der Waals surface area contributed by atoms with Crippen LogP contribution in [0.15, 0.2) is 18.2 Å². The normalized spacial score (nSPS) is 13.8. The van der Waals surface area contributed by atoms with Gasteiger partial charge < -0.3 is 15.8 Å². The molecule has 1 aliphatic rings. The number of rotatable bonds is 5. The first-order valence-electron chi connectivity index (χ1n) is 6.51. The molecule has 0 atom stereocenters. The van der Waals surface area contributed by atoms with E-state index in [1.165, 1.54) is 24.0 Å². The molecule has 4 nitrogen and oxygen atoms in total. The van der Waals surface area contributed by atoms with Crippen molar-refractivity contribution in [2.24, 2.45) is 5.73 Å². The first-order chi connectivity index (χ1) is 8.81. The molecule has 3 N–H and O–H groups in total. The maximum absolute atomic E-state index is 11.5. The van der Waals surface area contributed by atoms with E-state index >= 15 is 0 Å². The molecule has 0 bridgehead atoms. The Morgan fingerprint density at radius 1 is 1.33 bits per heavy atom. The van der Waals surface area contributed by atoms with Crippen LogP contribution in [0.5, 0.6) is 5.75 Å². The monoisotopic (exact) mass is 248 g/mol. The lowest BCUT2D eigenvalue weighted by Gasteiger charge is -2.19. The molecular weight excluding hydrogens is 228 g/mol. The minimum absolute atomic E-state index is 0.0659. The first kappa shape index (κ1) is 12.9. The smallest absolute Gasteiger partial charge is 0.257 e. The number of benzene rings is 1. The van der Waals surface area contributed by atoms with Gasteiger partial charge in [-0.15, -0.1) is 0 Å². The lowest BCUT2D eigenvalue weighted by atomic mass is 9.91. The number of hydrogen-bond donors (Lipinski definition) is 2. The van der Waals surface area contributed by atoms with Gasteiger partial charge >= 0.3 is 0 Å². The molecule has 1 amide bonds. The van der Waals surface area contributed by atoms with E-state index < -0.39 is 0 Å². The van der Waals surface area contributed by atoms with Crippen molar-refractivity contribution in [1.29, 1.82) is 0 Å². The van der Waals surface area contributed by atoms with Gasteiger partial charge in [-0.25, -0.2) is 0 Å². The lowest BCUT2D eigenvalue weighted by molar-refractivity contribution is -0.123. The molecule has 1 aliphatic carbocycles. The summed E-state index contributed by atoms with van der Waals surface area (Å²) in [6, 6.07) is 6.09. The van der Waals surface area contributed by atoms with Gasteiger partial charge in [0.2, 0.25) is 0 Å². The van der Waals surface area contributed by atoms with E-state index in [2.05, 4.69) is 11.4 Å². The maximum Gasteiger partial charge on any atom is 0.257 e. The highest BCUT2D eigenvalue weighted by atomic mass is 16.5. The van der Waals surface area contributed by atoms with Crippen molar-refractivity contribution >= 4 is 5.91 Å². The highest BCUT2D eigenvalue weighted by molar-refractivity contribution is 5.77. The van der Waals surface area contributed by atoms with Crippen molar-refractivity contribution in [3.63, 3.8) is 0 Å². The van der Waals surface area contributed by atoms with E-state index in [1.807, 2.05) is 12.1 Å². The highest BCUT2D eigenvalue weighted by Gasteiger charge is 2.14. The predicted molar refractivity (Wildman–Crippen MR) is 70.6 cm³/mol. The maximum atomic E-state index is 11.5. The summed E-state index contributed by atoms with van der Waals surface area (Å²) in [5.41, 5.74) is 7.96. The van der Waals surface area contributed by atoms with Gasteiger partial charge in [0.1, 0.15) is 5.75 Å². The second kappa shape index (κ2) is 6.40. The Kier molecular flexibility index (Phi) is 4.59. The summed E-state index contributed by atoms with van der Waals surface area (Å²) >= 11 is 0. The molecule has 0 radical (unpaired) electrons. The molecule has 4 heteroatoms. The fourth-order valence-electron chi connectivity index (χ4n) is 2.29. The summed E-state index contributed by atoms with van der Waals surface area (Å²) in [6.45, 7) is 1.01. The Labute approximate surface area is 108 Å². The Balaban J connectivity index is 1.95. The van der Waals surface area contributed by atoms with Gasteiger partial charge in [-0.1, -0.05) is 12.1 Å². The molecular formula is C14H20N2O2. The van der Waals surface area contributed by atoms with Gasteiger partial charge in [-0.2, -0.15) is 0 Å². The molecule has 0 saturated carbocycles. The molecule has 0 heterocycles. The first-order valence-corrected chi connectivity index (χ1v) is 6.51. The zero-order valence-electron chi connectivity index (χ0n) is 10.6. The second-order valence-corrected chi connectivity index (χ2v) is 4.53. The zero-order chi connectivity index (χ0) is 12.8. The number of nitrogens with one attached hydrogen (secondary N) is 1. The van der Waals surface area contributed by atoms with Gasteiger partial charge in [0.05, 0.1) is 0 Å². The van der Waals surface area contributed by atoms with Crippen molar-refractivity contribution in [1.82, 2.24) is 5.32 Å².